The van der Waals surface area contributed by atoms with Gasteiger partial charge in [-0.2, -0.15) is 0 Å². The molecule has 0 radical (unpaired) electrons. The van der Waals surface area contributed by atoms with Crippen molar-refractivity contribution in [1.82, 2.24) is 4.98 Å². The van der Waals surface area contributed by atoms with E-state index in [9.17, 15) is 24.5 Å². The van der Waals surface area contributed by atoms with Crippen molar-refractivity contribution in [3.05, 3.63) is 78.8 Å². The largest absolute Gasteiger partial charge is 0.494 e. The molecule has 9 nitrogen and oxygen atoms in total. The second kappa shape index (κ2) is 8.16. The number of ether oxygens (including phenoxy) is 1. The van der Waals surface area contributed by atoms with Crippen molar-refractivity contribution in [3.63, 3.8) is 0 Å². The Balaban J connectivity index is 1.60. The van der Waals surface area contributed by atoms with E-state index in [0.29, 0.717) is 33.5 Å². The van der Waals surface area contributed by atoms with Crippen LogP contribution in [0.15, 0.2) is 58.4 Å². The standard InChI is InChI=1S/C22H17N3O6S2/c1-2-31-14-8-6-12(7-9-14)24-20(26)16-15(11-4-3-5-13(10-11)25(29)30)17-19(23-22(28)33-17)32-18(16)21(24)27/h3-10,15-16,18H,2H2,1H3,(H,23,28)/t15-,16+,18-/m0/s1. The van der Waals surface area contributed by atoms with Crippen molar-refractivity contribution in [2.45, 2.75) is 23.1 Å². The average molecular weight is 484 g/mol. The average Bonchev–Trinajstić information content (AvgIpc) is 3.29. The van der Waals surface area contributed by atoms with Crippen LogP contribution in [0.2, 0.25) is 0 Å². The van der Waals surface area contributed by atoms with Crippen molar-refractivity contribution in [1.29, 1.82) is 0 Å². The van der Waals surface area contributed by atoms with Crippen LogP contribution in [-0.2, 0) is 9.59 Å². The quantitative estimate of drug-likeness (QED) is 0.334. The van der Waals surface area contributed by atoms with Gasteiger partial charge in [-0.3, -0.25) is 24.5 Å². The van der Waals surface area contributed by atoms with Crippen LogP contribution in [-0.4, -0.2) is 33.6 Å². The number of hydrogen-bond acceptors (Lipinski definition) is 8. The Morgan fingerprint density at radius 3 is 2.58 bits per heavy atom. The smallest absolute Gasteiger partial charge is 0.305 e. The highest BCUT2D eigenvalue weighted by Gasteiger charge is 2.56. The van der Waals surface area contributed by atoms with Crippen LogP contribution in [0.1, 0.15) is 23.3 Å². The number of imide groups is 1. The molecule has 1 saturated heterocycles. The van der Waals surface area contributed by atoms with Gasteiger partial charge >= 0.3 is 4.87 Å². The molecule has 5 rings (SSSR count). The lowest BCUT2D eigenvalue weighted by Crippen LogP contribution is -2.32. The number of thioether (sulfide) groups is 1. The van der Waals surface area contributed by atoms with Gasteiger partial charge in [0, 0.05) is 22.9 Å². The minimum Gasteiger partial charge on any atom is -0.494 e. The number of thiazole rings is 1. The van der Waals surface area contributed by atoms with Gasteiger partial charge in [0.25, 0.3) is 5.69 Å². The van der Waals surface area contributed by atoms with E-state index >= 15 is 0 Å². The summed E-state index contributed by atoms with van der Waals surface area (Å²) in [5.41, 5.74) is 0.829. The molecule has 1 aromatic heterocycles. The van der Waals surface area contributed by atoms with Crippen molar-refractivity contribution >= 4 is 46.3 Å². The zero-order valence-electron chi connectivity index (χ0n) is 17.2. The Hall–Kier alpha value is -3.44. The number of nitro groups is 1. The first-order chi connectivity index (χ1) is 15.9. The molecule has 3 atom stereocenters. The molecule has 168 valence electrons. The molecule has 33 heavy (non-hydrogen) atoms. The molecule has 2 amide bonds. The Bertz CT molecular complexity index is 1330. The number of rotatable bonds is 5. The first-order valence-corrected chi connectivity index (χ1v) is 11.8. The number of hydrogen-bond donors (Lipinski definition) is 1. The Morgan fingerprint density at radius 1 is 1.12 bits per heavy atom. The van der Waals surface area contributed by atoms with Gasteiger partial charge in [-0.15, -0.1) is 0 Å². The first kappa shape index (κ1) is 21.4. The van der Waals surface area contributed by atoms with Crippen LogP contribution in [0.25, 0.3) is 0 Å². The molecule has 3 aromatic rings. The lowest BCUT2D eigenvalue weighted by atomic mass is 9.83. The molecule has 2 aliphatic rings. The molecule has 0 aliphatic carbocycles. The Kier molecular flexibility index (Phi) is 5.29. The molecule has 0 unspecified atom stereocenters. The minimum absolute atomic E-state index is 0.119. The van der Waals surface area contributed by atoms with Crippen LogP contribution in [0.3, 0.4) is 0 Å². The number of nitro benzene ring substituents is 1. The monoisotopic (exact) mass is 483 g/mol. The molecule has 0 saturated carbocycles. The topological polar surface area (TPSA) is 123 Å². The van der Waals surface area contributed by atoms with Gasteiger partial charge in [-0.25, -0.2) is 4.90 Å². The normalized spacial score (nSPS) is 21.6. The van der Waals surface area contributed by atoms with Crippen LogP contribution in [0.5, 0.6) is 5.75 Å². The van der Waals surface area contributed by atoms with Gasteiger partial charge < -0.3 is 9.72 Å². The molecule has 2 aromatic carbocycles. The van der Waals surface area contributed by atoms with Gasteiger partial charge in [0.1, 0.15) is 11.0 Å². The predicted molar refractivity (Wildman–Crippen MR) is 123 cm³/mol. The number of aromatic nitrogens is 1. The maximum Gasteiger partial charge on any atom is 0.305 e. The predicted octanol–water partition coefficient (Wildman–Crippen LogP) is 3.54. The SMILES string of the molecule is CCOc1ccc(N2C(=O)[C@@H]3[C@H](c4cccc([N+](=O)[O-])c4)c4sc(=O)[nH]c4S[C@@H]3C2=O)cc1. The molecular weight excluding hydrogens is 466 g/mol. The molecule has 3 heterocycles. The van der Waals surface area contributed by atoms with Gasteiger partial charge in [-0.05, 0) is 36.8 Å². The summed E-state index contributed by atoms with van der Waals surface area (Å²) >= 11 is 2.13. The minimum atomic E-state index is -0.796. The fraction of sp³-hybridized carbons (Fsp3) is 0.227. The summed E-state index contributed by atoms with van der Waals surface area (Å²) in [5, 5.41) is 11.1. The molecule has 2 aliphatic heterocycles. The molecule has 0 bridgehead atoms. The number of amides is 2. The summed E-state index contributed by atoms with van der Waals surface area (Å²) in [7, 11) is 0. The number of non-ortho nitro benzene ring substituents is 1. The van der Waals surface area contributed by atoms with Crippen molar-refractivity contribution in [2.75, 3.05) is 11.5 Å². The number of anilines is 1. The first-order valence-electron chi connectivity index (χ1n) is 10.1. The van der Waals surface area contributed by atoms with E-state index in [1.165, 1.54) is 12.1 Å². The van der Waals surface area contributed by atoms with Gasteiger partial charge in [-0.1, -0.05) is 35.2 Å². The Labute approximate surface area is 195 Å². The second-order valence-electron chi connectivity index (χ2n) is 7.54. The fourth-order valence-electron chi connectivity index (χ4n) is 4.32. The third kappa shape index (κ3) is 3.53. The molecule has 1 N–H and O–H groups in total. The summed E-state index contributed by atoms with van der Waals surface area (Å²) in [5.74, 6) is -1.60. The van der Waals surface area contributed by atoms with E-state index in [1.54, 1.807) is 36.4 Å². The highest BCUT2D eigenvalue weighted by Crippen LogP contribution is 2.53. The van der Waals surface area contributed by atoms with E-state index in [0.717, 1.165) is 28.0 Å². The Morgan fingerprint density at radius 2 is 1.88 bits per heavy atom. The van der Waals surface area contributed by atoms with E-state index in [2.05, 4.69) is 4.98 Å². The number of carbonyl (C=O) groups is 2. The molecular formula is C22H17N3O6S2. The fourth-order valence-corrected chi connectivity index (χ4v) is 6.84. The maximum atomic E-state index is 13.6. The van der Waals surface area contributed by atoms with Crippen molar-refractivity contribution in [3.8, 4) is 5.75 Å². The summed E-state index contributed by atoms with van der Waals surface area (Å²) in [6, 6.07) is 12.7. The van der Waals surface area contributed by atoms with Crippen LogP contribution < -0.4 is 14.5 Å². The lowest BCUT2D eigenvalue weighted by molar-refractivity contribution is -0.384. The third-order valence-electron chi connectivity index (χ3n) is 5.67. The van der Waals surface area contributed by atoms with Crippen LogP contribution >= 0.6 is 23.1 Å². The molecule has 0 spiro atoms. The second-order valence-corrected chi connectivity index (χ2v) is 9.71. The van der Waals surface area contributed by atoms with Gasteiger partial charge in [0.2, 0.25) is 11.8 Å². The lowest BCUT2D eigenvalue weighted by Gasteiger charge is -2.29. The third-order valence-corrected chi connectivity index (χ3v) is 8.07. The number of benzene rings is 2. The van der Waals surface area contributed by atoms with E-state index < -0.39 is 27.9 Å². The van der Waals surface area contributed by atoms with Gasteiger partial charge in [0.05, 0.1) is 28.2 Å². The van der Waals surface area contributed by atoms with Crippen molar-refractivity contribution in [2.24, 2.45) is 5.92 Å². The van der Waals surface area contributed by atoms with E-state index in [4.69, 9.17) is 4.74 Å². The number of nitrogens with zero attached hydrogens (tertiary/aromatic N) is 2. The highest BCUT2D eigenvalue weighted by molar-refractivity contribution is 8.00. The van der Waals surface area contributed by atoms with Gasteiger partial charge in [0.15, 0.2) is 0 Å². The highest BCUT2D eigenvalue weighted by atomic mass is 32.2. The number of carbonyl (C=O) groups excluding carboxylic acids is 2. The molecule has 11 heteroatoms. The van der Waals surface area contributed by atoms with Crippen molar-refractivity contribution < 1.29 is 19.2 Å². The zero-order valence-corrected chi connectivity index (χ0v) is 18.9. The number of nitrogens with one attached hydrogen (secondary N) is 1. The van der Waals surface area contributed by atoms with E-state index in [-0.39, 0.29) is 16.5 Å². The maximum absolute atomic E-state index is 13.6. The summed E-state index contributed by atoms with van der Waals surface area (Å²) in [4.78, 5) is 54.2. The number of H-pyrrole nitrogens is 1. The van der Waals surface area contributed by atoms with Crippen LogP contribution in [0.4, 0.5) is 11.4 Å². The summed E-state index contributed by atoms with van der Waals surface area (Å²) < 4.78 is 5.44. The number of fused-ring (bicyclic) bond motifs is 2. The van der Waals surface area contributed by atoms with E-state index in [1.807, 2.05) is 6.92 Å². The number of aromatic amines is 1. The molecule has 1 fully saturated rings. The van der Waals surface area contributed by atoms with Crippen LogP contribution in [0, 0.1) is 16.0 Å². The summed E-state index contributed by atoms with van der Waals surface area (Å²) in [6.07, 6.45) is 0. The zero-order chi connectivity index (χ0) is 23.3. The summed E-state index contributed by atoms with van der Waals surface area (Å²) in [6.45, 7) is 2.35.